The Balaban J connectivity index is 2.55. The summed E-state index contributed by atoms with van der Waals surface area (Å²) in [5.41, 5.74) is 0.341. The first-order valence-corrected chi connectivity index (χ1v) is 4.52. The van der Waals surface area contributed by atoms with Gasteiger partial charge in [0.15, 0.2) is 0 Å². The van der Waals surface area contributed by atoms with Gasteiger partial charge in [-0.25, -0.2) is 13.8 Å². The molecule has 72 valence electrons. The number of hydrogen-bond donors (Lipinski definition) is 0. The van der Waals surface area contributed by atoms with Crippen LogP contribution in [0.4, 0.5) is 8.78 Å². The van der Waals surface area contributed by atoms with E-state index in [0.717, 1.165) is 18.2 Å². The van der Waals surface area contributed by atoms with Crippen LogP contribution in [0.25, 0.3) is 11.3 Å². The molecule has 0 saturated heterocycles. The number of hydrogen-bond acceptors (Lipinski definition) is 2. The standard InChI is InChI=1S/C9H4BrF2NO/c10-9-13-8(4-14-9)6-3-5(11)1-2-7(6)12/h1-4H. The van der Waals surface area contributed by atoms with E-state index in [-0.39, 0.29) is 16.1 Å². The van der Waals surface area contributed by atoms with Crippen LogP contribution in [0.1, 0.15) is 0 Å². The van der Waals surface area contributed by atoms with Gasteiger partial charge in [-0.15, -0.1) is 0 Å². The molecule has 14 heavy (non-hydrogen) atoms. The van der Waals surface area contributed by atoms with Gasteiger partial charge in [0.25, 0.3) is 4.80 Å². The Hall–Kier alpha value is -1.23. The van der Waals surface area contributed by atoms with Crippen LogP contribution in [0.3, 0.4) is 0 Å². The highest BCUT2D eigenvalue weighted by Crippen LogP contribution is 2.24. The fraction of sp³-hybridized carbons (Fsp3) is 0. The zero-order valence-corrected chi connectivity index (χ0v) is 8.38. The molecule has 0 unspecified atom stereocenters. The Bertz CT molecular complexity index is 470. The van der Waals surface area contributed by atoms with Gasteiger partial charge in [-0.3, -0.25) is 0 Å². The number of nitrogens with zero attached hydrogens (tertiary/aromatic N) is 1. The number of oxazole rings is 1. The van der Waals surface area contributed by atoms with Crippen molar-refractivity contribution in [3.8, 4) is 11.3 Å². The topological polar surface area (TPSA) is 26.0 Å². The largest absolute Gasteiger partial charge is 0.439 e. The summed E-state index contributed by atoms with van der Waals surface area (Å²) in [6.45, 7) is 0. The summed E-state index contributed by atoms with van der Waals surface area (Å²) < 4.78 is 30.8. The molecule has 0 aliphatic rings. The van der Waals surface area contributed by atoms with E-state index in [1.165, 1.54) is 6.26 Å². The van der Waals surface area contributed by atoms with Crippen molar-refractivity contribution < 1.29 is 13.2 Å². The lowest BCUT2D eigenvalue weighted by Crippen LogP contribution is -1.86. The smallest absolute Gasteiger partial charge is 0.264 e. The Morgan fingerprint density at radius 3 is 2.71 bits per heavy atom. The summed E-state index contributed by atoms with van der Waals surface area (Å²) in [6, 6.07) is 3.17. The van der Waals surface area contributed by atoms with Gasteiger partial charge in [-0.1, -0.05) is 0 Å². The quantitative estimate of drug-likeness (QED) is 0.785. The third kappa shape index (κ3) is 1.68. The van der Waals surface area contributed by atoms with E-state index in [4.69, 9.17) is 4.42 Å². The zero-order valence-electron chi connectivity index (χ0n) is 6.80. The molecule has 0 radical (unpaired) electrons. The second kappa shape index (κ2) is 3.49. The minimum atomic E-state index is -0.535. The van der Waals surface area contributed by atoms with Gasteiger partial charge < -0.3 is 4.42 Å². The van der Waals surface area contributed by atoms with Crippen LogP contribution in [0, 0.1) is 11.6 Å². The Labute approximate surface area is 86.7 Å². The molecule has 0 aliphatic heterocycles. The lowest BCUT2D eigenvalue weighted by Gasteiger charge is -1.97. The molecule has 1 aromatic heterocycles. The Morgan fingerprint density at radius 1 is 1.29 bits per heavy atom. The Morgan fingerprint density at radius 2 is 2.07 bits per heavy atom. The highest BCUT2D eigenvalue weighted by molar-refractivity contribution is 9.10. The number of rotatable bonds is 1. The normalized spacial score (nSPS) is 10.5. The third-order valence-corrected chi connectivity index (χ3v) is 2.04. The molecule has 1 heterocycles. The van der Waals surface area contributed by atoms with Gasteiger partial charge in [0, 0.05) is 21.5 Å². The molecule has 0 aliphatic carbocycles. The summed E-state index contributed by atoms with van der Waals surface area (Å²) in [4.78, 5) is 4.06. The maximum Gasteiger partial charge on any atom is 0.264 e. The van der Waals surface area contributed by atoms with Crippen molar-refractivity contribution in [3.63, 3.8) is 0 Å². The van der Waals surface area contributed by atoms with E-state index in [2.05, 4.69) is 20.9 Å². The average Bonchev–Trinajstić information content (AvgIpc) is 2.56. The monoisotopic (exact) mass is 259 g/mol. The molecule has 2 nitrogen and oxygen atoms in total. The second-order valence-corrected chi connectivity index (χ2v) is 3.29. The van der Waals surface area contributed by atoms with E-state index in [1.807, 2.05) is 0 Å². The summed E-state index contributed by atoms with van der Waals surface area (Å²) >= 11 is 2.98. The van der Waals surface area contributed by atoms with E-state index in [9.17, 15) is 8.78 Å². The van der Waals surface area contributed by atoms with Gasteiger partial charge >= 0.3 is 0 Å². The van der Waals surface area contributed by atoms with E-state index < -0.39 is 11.6 Å². The first-order chi connectivity index (χ1) is 6.66. The zero-order chi connectivity index (χ0) is 10.1. The fourth-order valence-electron chi connectivity index (χ4n) is 1.07. The number of benzene rings is 1. The molecule has 1 aromatic carbocycles. The molecule has 2 rings (SSSR count). The summed E-state index contributed by atoms with van der Waals surface area (Å²) in [7, 11) is 0. The van der Waals surface area contributed by atoms with Crippen molar-refractivity contribution in [1.29, 1.82) is 0 Å². The summed E-state index contributed by atoms with van der Waals surface area (Å²) in [5.74, 6) is -1.05. The molecule has 0 fully saturated rings. The van der Waals surface area contributed by atoms with Gasteiger partial charge in [0.1, 0.15) is 23.6 Å². The van der Waals surface area contributed by atoms with E-state index in [1.54, 1.807) is 0 Å². The average molecular weight is 260 g/mol. The van der Waals surface area contributed by atoms with Crippen LogP contribution in [0.15, 0.2) is 33.7 Å². The van der Waals surface area contributed by atoms with Crippen LogP contribution in [0.5, 0.6) is 0 Å². The predicted octanol–water partition coefficient (Wildman–Crippen LogP) is 3.38. The lowest BCUT2D eigenvalue weighted by molar-refractivity contribution is 0.529. The number of halogens is 3. The molecule has 0 N–H and O–H groups in total. The molecule has 0 amide bonds. The van der Waals surface area contributed by atoms with Gasteiger partial charge in [0.05, 0.1) is 0 Å². The second-order valence-electron chi connectivity index (χ2n) is 2.61. The number of aromatic nitrogens is 1. The van der Waals surface area contributed by atoms with Crippen molar-refractivity contribution in [1.82, 2.24) is 4.98 Å². The third-order valence-electron chi connectivity index (χ3n) is 1.68. The molecule has 5 heteroatoms. The van der Waals surface area contributed by atoms with E-state index in [0.29, 0.717) is 0 Å². The molecular formula is C9H4BrF2NO. The van der Waals surface area contributed by atoms with Crippen LogP contribution < -0.4 is 0 Å². The van der Waals surface area contributed by atoms with Crippen molar-refractivity contribution in [2.45, 2.75) is 0 Å². The maximum atomic E-state index is 13.2. The predicted molar refractivity (Wildman–Crippen MR) is 49.6 cm³/mol. The highest BCUT2D eigenvalue weighted by Gasteiger charge is 2.10. The molecule has 2 aromatic rings. The molecule has 0 saturated carbocycles. The minimum Gasteiger partial charge on any atom is -0.439 e. The van der Waals surface area contributed by atoms with Crippen molar-refractivity contribution in [2.75, 3.05) is 0 Å². The molecule has 0 spiro atoms. The van der Waals surface area contributed by atoms with Crippen molar-refractivity contribution in [2.24, 2.45) is 0 Å². The highest BCUT2D eigenvalue weighted by atomic mass is 79.9. The summed E-state index contributed by atoms with van der Waals surface area (Å²) in [5, 5.41) is 0. The van der Waals surface area contributed by atoms with Crippen LogP contribution in [-0.2, 0) is 0 Å². The fourth-order valence-corrected chi connectivity index (χ4v) is 1.35. The van der Waals surface area contributed by atoms with Crippen molar-refractivity contribution >= 4 is 15.9 Å². The van der Waals surface area contributed by atoms with Crippen LogP contribution in [0.2, 0.25) is 0 Å². The molecule has 0 atom stereocenters. The van der Waals surface area contributed by atoms with Crippen molar-refractivity contribution in [3.05, 3.63) is 40.9 Å². The minimum absolute atomic E-state index is 0.0828. The first kappa shape index (κ1) is 9.33. The van der Waals surface area contributed by atoms with Crippen LogP contribution in [-0.4, -0.2) is 4.98 Å². The maximum absolute atomic E-state index is 13.2. The Kier molecular flexibility index (Phi) is 2.33. The summed E-state index contributed by atoms with van der Waals surface area (Å²) in [6.07, 6.45) is 1.25. The van der Waals surface area contributed by atoms with Gasteiger partial charge in [0.2, 0.25) is 0 Å². The lowest BCUT2D eigenvalue weighted by atomic mass is 10.1. The van der Waals surface area contributed by atoms with E-state index >= 15 is 0 Å². The van der Waals surface area contributed by atoms with Gasteiger partial charge in [-0.05, 0) is 18.2 Å². The molecular weight excluding hydrogens is 256 g/mol. The van der Waals surface area contributed by atoms with Gasteiger partial charge in [-0.2, -0.15) is 0 Å². The SMILES string of the molecule is Fc1ccc(F)c(-c2coc(Br)n2)c1. The first-order valence-electron chi connectivity index (χ1n) is 3.73. The molecule has 0 bridgehead atoms. The van der Waals surface area contributed by atoms with Crippen LogP contribution >= 0.6 is 15.9 Å².